The van der Waals surface area contributed by atoms with E-state index < -0.39 is 0 Å². The molecule has 120 valence electrons. The first-order valence-electron chi connectivity index (χ1n) is 8.09. The number of Topliss-reactive ketones (excluding diaryl/α,β-unsaturated/α-hetero) is 1. The van der Waals surface area contributed by atoms with Crippen LogP contribution in [0.3, 0.4) is 0 Å². The quantitative estimate of drug-likeness (QED) is 0.740. The zero-order valence-electron chi connectivity index (χ0n) is 13.7. The fourth-order valence-corrected chi connectivity index (χ4v) is 2.59. The van der Waals surface area contributed by atoms with Crippen LogP contribution in [0.25, 0.3) is 0 Å². The van der Waals surface area contributed by atoms with Crippen molar-refractivity contribution in [2.75, 3.05) is 4.90 Å². The van der Waals surface area contributed by atoms with E-state index in [0.29, 0.717) is 12.8 Å². The maximum absolute atomic E-state index is 13.0. The Bertz CT molecular complexity index is 598. The Labute approximate surface area is 137 Å². The molecule has 0 N–H and O–H groups in total. The minimum atomic E-state index is -0.338. The molecule has 0 radical (unpaired) electrons. The molecular formula is C20H23NO2. The zero-order valence-corrected chi connectivity index (χ0v) is 13.7. The third-order valence-electron chi connectivity index (χ3n) is 3.73. The van der Waals surface area contributed by atoms with E-state index in [2.05, 4.69) is 0 Å². The van der Waals surface area contributed by atoms with Crippen molar-refractivity contribution in [1.29, 1.82) is 0 Å². The molecule has 0 saturated heterocycles. The number of carbonyl (C=O) groups excluding carboxylic acids is 2. The molecule has 0 unspecified atom stereocenters. The van der Waals surface area contributed by atoms with Crippen molar-refractivity contribution < 1.29 is 9.59 Å². The normalized spacial score (nSPS) is 11.7. The number of amides is 1. The number of benzene rings is 2. The number of carbonyl (C=O) groups is 2. The summed E-state index contributed by atoms with van der Waals surface area (Å²) < 4.78 is 0. The van der Waals surface area contributed by atoms with Crippen molar-refractivity contribution in [3.05, 3.63) is 60.7 Å². The highest BCUT2D eigenvalue weighted by Crippen LogP contribution is 2.27. The van der Waals surface area contributed by atoms with Crippen molar-refractivity contribution in [2.24, 2.45) is 5.92 Å². The van der Waals surface area contributed by atoms with Crippen LogP contribution in [-0.4, -0.2) is 11.7 Å². The van der Waals surface area contributed by atoms with Gasteiger partial charge >= 0.3 is 0 Å². The molecule has 0 aliphatic rings. The van der Waals surface area contributed by atoms with Gasteiger partial charge in [-0.2, -0.15) is 0 Å². The number of hydrogen-bond acceptors (Lipinski definition) is 2. The Morgan fingerprint density at radius 3 is 1.83 bits per heavy atom. The van der Waals surface area contributed by atoms with Crippen molar-refractivity contribution >= 4 is 23.1 Å². The number of para-hydroxylation sites is 2. The fourth-order valence-electron chi connectivity index (χ4n) is 2.59. The highest BCUT2D eigenvalue weighted by molar-refractivity contribution is 6.03. The largest absolute Gasteiger partial charge is 0.300 e. The molecule has 3 nitrogen and oxygen atoms in total. The number of nitrogens with zero attached hydrogens (tertiary/aromatic N) is 1. The van der Waals surface area contributed by atoms with Gasteiger partial charge < -0.3 is 0 Å². The summed E-state index contributed by atoms with van der Waals surface area (Å²) in [4.78, 5) is 26.5. The summed E-state index contributed by atoms with van der Waals surface area (Å²) in [5.41, 5.74) is 1.64. The van der Waals surface area contributed by atoms with Gasteiger partial charge in [-0.1, -0.05) is 50.2 Å². The summed E-state index contributed by atoms with van der Waals surface area (Å²) in [5.74, 6) is -0.240. The lowest BCUT2D eigenvalue weighted by Gasteiger charge is -2.26. The second-order valence-electron chi connectivity index (χ2n) is 5.74. The predicted octanol–water partition coefficient (Wildman–Crippen LogP) is 4.75. The van der Waals surface area contributed by atoms with Gasteiger partial charge in [0.25, 0.3) is 0 Å². The molecule has 0 aliphatic heterocycles. The van der Waals surface area contributed by atoms with Gasteiger partial charge in [0.2, 0.25) is 5.91 Å². The first-order valence-corrected chi connectivity index (χ1v) is 8.09. The Morgan fingerprint density at radius 2 is 1.39 bits per heavy atom. The summed E-state index contributed by atoms with van der Waals surface area (Å²) >= 11 is 0. The molecule has 0 saturated carbocycles. The van der Waals surface area contributed by atoms with Crippen LogP contribution < -0.4 is 4.90 Å². The molecule has 1 amide bonds. The maximum Gasteiger partial charge on any atom is 0.234 e. The lowest BCUT2D eigenvalue weighted by molar-refractivity contribution is -0.126. The number of ketones is 1. The summed E-state index contributed by atoms with van der Waals surface area (Å²) in [6.07, 6.45) is 1.65. The molecule has 2 aromatic rings. The van der Waals surface area contributed by atoms with Gasteiger partial charge in [-0.3, -0.25) is 14.5 Å². The van der Waals surface area contributed by atoms with Gasteiger partial charge in [-0.15, -0.1) is 0 Å². The Kier molecular flexibility index (Phi) is 6.10. The molecule has 1 atom stereocenters. The lowest BCUT2D eigenvalue weighted by Crippen LogP contribution is -2.32. The smallest absolute Gasteiger partial charge is 0.234 e. The monoisotopic (exact) mass is 309 g/mol. The van der Waals surface area contributed by atoms with Crippen LogP contribution >= 0.6 is 0 Å². The minimum absolute atomic E-state index is 0.0492. The molecule has 0 bridgehead atoms. The van der Waals surface area contributed by atoms with E-state index in [1.165, 1.54) is 0 Å². The molecule has 0 aliphatic carbocycles. The van der Waals surface area contributed by atoms with Crippen molar-refractivity contribution in [2.45, 2.75) is 33.1 Å². The SMILES string of the molecule is CCCC(=O)C[C@@H](C)C(=O)N(c1ccccc1)c1ccccc1. The first-order chi connectivity index (χ1) is 11.1. The number of hydrogen-bond donors (Lipinski definition) is 0. The van der Waals surface area contributed by atoms with E-state index in [9.17, 15) is 9.59 Å². The maximum atomic E-state index is 13.0. The van der Waals surface area contributed by atoms with E-state index in [0.717, 1.165) is 17.8 Å². The topological polar surface area (TPSA) is 37.4 Å². The molecule has 3 heteroatoms. The standard InChI is InChI=1S/C20H23NO2/c1-3-10-19(22)15-16(2)20(23)21(17-11-6-4-7-12-17)18-13-8-5-9-14-18/h4-9,11-14,16H,3,10,15H2,1-2H3/t16-/m1/s1. The lowest BCUT2D eigenvalue weighted by atomic mass is 10.00. The third-order valence-corrected chi connectivity index (χ3v) is 3.73. The molecule has 0 heterocycles. The van der Waals surface area contributed by atoms with E-state index in [-0.39, 0.29) is 17.6 Å². The van der Waals surface area contributed by atoms with Gasteiger partial charge in [0.15, 0.2) is 0 Å². The summed E-state index contributed by atoms with van der Waals surface area (Å²) in [7, 11) is 0. The average molecular weight is 309 g/mol. The van der Waals surface area contributed by atoms with E-state index >= 15 is 0 Å². The van der Waals surface area contributed by atoms with E-state index in [4.69, 9.17) is 0 Å². The van der Waals surface area contributed by atoms with Gasteiger partial charge in [0.05, 0.1) is 0 Å². The molecule has 2 aromatic carbocycles. The average Bonchev–Trinajstić information content (AvgIpc) is 2.57. The molecule has 0 fully saturated rings. The van der Waals surface area contributed by atoms with E-state index in [1.807, 2.05) is 74.5 Å². The second kappa shape index (κ2) is 8.28. The van der Waals surface area contributed by atoms with Crippen LogP contribution in [0.5, 0.6) is 0 Å². The van der Waals surface area contributed by atoms with Gasteiger partial charge in [-0.05, 0) is 30.7 Å². The van der Waals surface area contributed by atoms with Crippen molar-refractivity contribution in [3.8, 4) is 0 Å². The van der Waals surface area contributed by atoms with Crippen LogP contribution in [-0.2, 0) is 9.59 Å². The molecule has 0 spiro atoms. The predicted molar refractivity (Wildman–Crippen MR) is 93.7 cm³/mol. The minimum Gasteiger partial charge on any atom is -0.300 e. The fraction of sp³-hybridized carbons (Fsp3) is 0.300. The molecule has 2 rings (SSSR count). The van der Waals surface area contributed by atoms with Crippen molar-refractivity contribution in [3.63, 3.8) is 0 Å². The molecule has 0 aromatic heterocycles. The number of rotatable bonds is 7. The summed E-state index contributed by atoms with van der Waals surface area (Å²) in [6.45, 7) is 3.80. The first kappa shape index (κ1) is 16.9. The summed E-state index contributed by atoms with van der Waals surface area (Å²) in [5, 5.41) is 0. The van der Waals surface area contributed by atoms with Gasteiger partial charge in [-0.25, -0.2) is 0 Å². The van der Waals surface area contributed by atoms with Crippen LogP contribution in [0, 0.1) is 5.92 Å². The molecular weight excluding hydrogens is 286 g/mol. The zero-order chi connectivity index (χ0) is 16.7. The third kappa shape index (κ3) is 4.52. The Hall–Kier alpha value is -2.42. The summed E-state index contributed by atoms with van der Waals surface area (Å²) in [6, 6.07) is 19.1. The second-order valence-corrected chi connectivity index (χ2v) is 5.74. The highest BCUT2D eigenvalue weighted by atomic mass is 16.2. The van der Waals surface area contributed by atoms with Crippen LogP contribution in [0.4, 0.5) is 11.4 Å². The van der Waals surface area contributed by atoms with Crippen molar-refractivity contribution in [1.82, 2.24) is 0 Å². The van der Waals surface area contributed by atoms with Gasteiger partial charge in [0, 0.05) is 30.1 Å². The van der Waals surface area contributed by atoms with E-state index in [1.54, 1.807) is 4.90 Å². The van der Waals surface area contributed by atoms with Crippen LogP contribution in [0.15, 0.2) is 60.7 Å². The molecule has 23 heavy (non-hydrogen) atoms. The highest BCUT2D eigenvalue weighted by Gasteiger charge is 2.24. The number of anilines is 2. The van der Waals surface area contributed by atoms with Crippen LogP contribution in [0.2, 0.25) is 0 Å². The van der Waals surface area contributed by atoms with Gasteiger partial charge in [0.1, 0.15) is 5.78 Å². The van der Waals surface area contributed by atoms with Crippen LogP contribution in [0.1, 0.15) is 33.1 Å². The Morgan fingerprint density at radius 1 is 0.913 bits per heavy atom. The Balaban J connectivity index is 2.27.